The number of halogens is 1. The Kier molecular flexibility index (Phi) is 8.10. The number of hydrogen-bond donors (Lipinski definition) is 2. The fourth-order valence-electron chi connectivity index (χ4n) is 7.66. The lowest BCUT2D eigenvalue weighted by molar-refractivity contribution is -0.164. The Morgan fingerprint density at radius 2 is 1.98 bits per heavy atom. The predicted molar refractivity (Wildman–Crippen MR) is 161 cm³/mol. The van der Waals surface area contributed by atoms with Crippen LogP contribution >= 0.6 is 11.6 Å². The lowest BCUT2D eigenvalue weighted by atomic mass is 9.68. The van der Waals surface area contributed by atoms with Crippen molar-refractivity contribution in [3.05, 3.63) is 70.3 Å². The average Bonchev–Trinajstić information content (AvgIpc) is 3.10. The number of hydrogen-bond acceptors (Lipinski definition) is 6. The van der Waals surface area contributed by atoms with E-state index in [9.17, 15) is 15.0 Å². The largest absolute Gasteiger partial charge is 0.490 e. The third-order valence-corrected chi connectivity index (χ3v) is 10.4. The standard InChI is InChI=1S/C34H42ClNO5/c1-40-32(38)34(39)17-6-4-2-3-5-9-30(37)27-13-10-24(27)20-36-21-33(22-41-31-15-11-25(34)19-29(31)36)16-7-8-23-18-26(35)12-14-28(23)33/h5,9,11-12,14-15,18-19,24,27,30,37,39H,2-4,6-8,10,13,16-17,20-22H2,1H3/t24-,27+,30-,33-,34-/m0/s1. The molecule has 2 aliphatic carbocycles. The summed E-state index contributed by atoms with van der Waals surface area (Å²) >= 11 is 6.41. The molecule has 2 heterocycles. The van der Waals surface area contributed by atoms with Gasteiger partial charge >= 0.3 is 5.97 Å². The summed E-state index contributed by atoms with van der Waals surface area (Å²) in [6.45, 7) is 2.08. The first-order chi connectivity index (χ1) is 19.8. The van der Waals surface area contributed by atoms with Gasteiger partial charge in [-0.15, -0.1) is 0 Å². The van der Waals surface area contributed by atoms with Crippen LogP contribution < -0.4 is 9.64 Å². The van der Waals surface area contributed by atoms with Gasteiger partial charge in [-0.05, 0) is 111 Å². The van der Waals surface area contributed by atoms with Gasteiger partial charge in [0.2, 0.25) is 0 Å². The van der Waals surface area contributed by atoms with Crippen molar-refractivity contribution < 1.29 is 24.5 Å². The van der Waals surface area contributed by atoms with Crippen LogP contribution in [0.4, 0.5) is 5.69 Å². The van der Waals surface area contributed by atoms with E-state index in [4.69, 9.17) is 21.1 Å². The Hall–Kier alpha value is -2.54. The highest BCUT2D eigenvalue weighted by Crippen LogP contribution is 2.47. The molecule has 6 nitrogen and oxygen atoms in total. The minimum atomic E-state index is -1.73. The van der Waals surface area contributed by atoms with Crippen molar-refractivity contribution in [1.29, 1.82) is 0 Å². The number of aliphatic hydroxyl groups excluding tert-OH is 1. The molecule has 220 valence electrons. The van der Waals surface area contributed by atoms with E-state index in [1.54, 1.807) is 0 Å². The summed E-state index contributed by atoms with van der Waals surface area (Å²) in [6, 6.07) is 11.9. The molecule has 0 radical (unpaired) electrons. The minimum Gasteiger partial charge on any atom is -0.490 e. The van der Waals surface area contributed by atoms with E-state index in [0.717, 1.165) is 80.9 Å². The number of ether oxygens (including phenoxy) is 2. The Balaban J connectivity index is 1.44. The molecule has 6 rings (SSSR count). The van der Waals surface area contributed by atoms with Crippen molar-refractivity contribution in [2.24, 2.45) is 11.8 Å². The summed E-state index contributed by atoms with van der Waals surface area (Å²) in [5.41, 5.74) is 2.08. The van der Waals surface area contributed by atoms with Crippen LogP contribution in [0.3, 0.4) is 0 Å². The third-order valence-electron chi connectivity index (χ3n) is 10.2. The fraction of sp³-hybridized carbons (Fsp3) is 0.559. The molecule has 2 bridgehead atoms. The van der Waals surface area contributed by atoms with Crippen molar-refractivity contribution in [2.45, 2.75) is 81.3 Å². The SMILES string of the molecule is COC(=O)[C@]1(O)CCCCCC=C[C@H](O)[C@@H]2CC[C@H]2CN2C[C@@]3(CCCc4cc(Cl)ccc43)COc3ccc1cc32. The van der Waals surface area contributed by atoms with Crippen molar-refractivity contribution in [2.75, 3.05) is 31.7 Å². The molecule has 0 unspecified atom stereocenters. The molecule has 0 aromatic heterocycles. The molecular formula is C34H42ClNO5. The van der Waals surface area contributed by atoms with Crippen molar-refractivity contribution >= 4 is 23.3 Å². The molecule has 7 heteroatoms. The molecule has 41 heavy (non-hydrogen) atoms. The highest BCUT2D eigenvalue weighted by molar-refractivity contribution is 6.30. The molecule has 1 fully saturated rings. The molecule has 4 aliphatic rings. The summed E-state index contributed by atoms with van der Waals surface area (Å²) < 4.78 is 11.7. The number of aryl methyl sites for hydroxylation is 1. The zero-order valence-corrected chi connectivity index (χ0v) is 24.7. The second-order valence-electron chi connectivity index (χ2n) is 12.7. The van der Waals surface area contributed by atoms with E-state index in [1.807, 2.05) is 30.3 Å². The van der Waals surface area contributed by atoms with Crippen molar-refractivity contribution in [3.63, 3.8) is 0 Å². The highest BCUT2D eigenvalue weighted by Gasteiger charge is 2.45. The number of benzene rings is 2. The van der Waals surface area contributed by atoms with Crippen molar-refractivity contribution in [3.8, 4) is 5.75 Å². The molecular weight excluding hydrogens is 538 g/mol. The quantitative estimate of drug-likeness (QED) is 0.315. The van der Waals surface area contributed by atoms with Gasteiger partial charge in [0.05, 0.1) is 25.5 Å². The van der Waals surface area contributed by atoms with E-state index in [2.05, 4.69) is 23.1 Å². The van der Waals surface area contributed by atoms with Gasteiger partial charge in [0.1, 0.15) is 5.75 Å². The molecule has 2 N–H and O–H groups in total. The Morgan fingerprint density at radius 3 is 2.78 bits per heavy atom. The van der Waals surface area contributed by atoms with E-state index in [-0.39, 0.29) is 17.8 Å². The zero-order chi connectivity index (χ0) is 28.6. The minimum absolute atomic E-state index is 0.214. The van der Waals surface area contributed by atoms with E-state index in [1.165, 1.54) is 18.2 Å². The molecule has 0 saturated heterocycles. The summed E-state index contributed by atoms with van der Waals surface area (Å²) in [7, 11) is 1.33. The maximum atomic E-state index is 13.0. The number of aliphatic hydroxyl groups is 2. The van der Waals surface area contributed by atoms with Gasteiger partial charge in [0.15, 0.2) is 5.60 Å². The summed E-state index contributed by atoms with van der Waals surface area (Å²) in [4.78, 5) is 15.4. The number of anilines is 1. The van der Waals surface area contributed by atoms with Gasteiger partial charge in [0.25, 0.3) is 0 Å². The number of carbonyl (C=O) groups is 1. The van der Waals surface area contributed by atoms with Crippen LogP contribution in [0.1, 0.15) is 74.5 Å². The Labute approximate surface area is 248 Å². The van der Waals surface area contributed by atoms with Crippen LogP contribution in [0.5, 0.6) is 5.75 Å². The van der Waals surface area contributed by atoms with Gasteiger partial charge < -0.3 is 24.6 Å². The third kappa shape index (κ3) is 5.39. The Bertz CT molecular complexity index is 1310. The van der Waals surface area contributed by atoms with Crippen LogP contribution in [-0.2, 0) is 27.0 Å². The topological polar surface area (TPSA) is 79.2 Å². The van der Waals surface area contributed by atoms with Crippen LogP contribution in [-0.4, -0.2) is 49.1 Å². The number of fused-ring (bicyclic) bond motifs is 4. The van der Waals surface area contributed by atoms with Gasteiger partial charge in [-0.1, -0.05) is 42.3 Å². The second kappa shape index (κ2) is 11.6. The van der Waals surface area contributed by atoms with Crippen LogP contribution in [0.15, 0.2) is 48.6 Å². The molecule has 2 aromatic carbocycles. The molecule has 5 atom stereocenters. The molecule has 1 spiro atoms. The predicted octanol–water partition coefficient (Wildman–Crippen LogP) is 6.08. The second-order valence-corrected chi connectivity index (χ2v) is 13.1. The van der Waals surface area contributed by atoms with Crippen LogP contribution in [0, 0.1) is 11.8 Å². The number of nitrogens with zero attached hydrogens (tertiary/aromatic N) is 1. The van der Waals surface area contributed by atoms with E-state index >= 15 is 0 Å². The molecule has 0 amide bonds. The normalized spacial score (nSPS) is 31.7. The maximum Gasteiger partial charge on any atom is 0.342 e. The highest BCUT2D eigenvalue weighted by atomic mass is 35.5. The number of carbonyl (C=O) groups excluding carboxylic acids is 1. The first-order valence-electron chi connectivity index (χ1n) is 15.3. The van der Waals surface area contributed by atoms with E-state index in [0.29, 0.717) is 24.5 Å². The number of rotatable bonds is 1. The molecule has 2 aromatic rings. The van der Waals surface area contributed by atoms with Gasteiger partial charge in [-0.25, -0.2) is 4.79 Å². The van der Waals surface area contributed by atoms with Crippen LogP contribution in [0.2, 0.25) is 5.02 Å². The molecule has 1 saturated carbocycles. The summed E-state index contributed by atoms with van der Waals surface area (Å²) in [5, 5.41) is 23.6. The zero-order valence-electron chi connectivity index (χ0n) is 24.0. The first-order valence-corrected chi connectivity index (χ1v) is 15.7. The van der Waals surface area contributed by atoms with Gasteiger partial charge in [-0.3, -0.25) is 0 Å². The Morgan fingerprint density at radius 1 is 1.10 bits per heavy atom. The average molecular weight is 580 g/mol. The maximum absolute atomic E-state index is 13.0. The van der Waals surface area contributed by atoms with Crippen LogP contribution in [0.25, 0.3) is 0 Å². The lowest BCUT2D eigenvalue weighted by Gasteiger charge is -2.45. The number of allylic oxidation sites excluding steroid dienone is 1. The summed E-state index contributed by atoms with van der Waals surface area (Å²) in [5.74, 6) is 0.685. The number of esters is 1. The monoisotopic (exact) mass is 579 g/mol. The van der Waals surface area contributed by atoms with E-state index < -0.39 is 17.7 Å². The molecule has 2 aliphatic heterocycles. The smallest absolute Gasteiger partial charge is 0.342 e. The van der Waals surface area contributed by atoms with Gasteiger partial charge in [0, 0.05) is 23.5 Å². The lowest BCUT2D eigenvalue weighted by Crippen LogP contribution is -2.49. The van der Waals surface area contributed by atoms with Crippen molar-refractivity contribution in [1.82, 2.24) is 0 Å². The number of methoxy groups -OCH3 is 1. The first kappa shape index (κ1) is 28.6. The van der Waals surface area contributed by atoms with Gasteiger partial charge in [-0.2, -0.15) is 0 Å². The fourth-order valence-corrected chi connectivity index (χ4v) is 7.85. The summed E-state index contributed by atoms with van der Waals surface area (Å²) in [6.07, 6.45) is 12.4.